The van der Waals surface area contributed by atoms with Gasteiger partial charge in [0.15, 0.2) is 5.75 Å². The molecule has 2 N–H and O–H groups in total. The fraction of sp³-hybridized carbons (Fsp3) is 0.500. The van der Waals surface area contributed by atoms with E-state index in [9.17, 15) is 18.5 Å². The lowest BCUT2D eigenvalue weighted by Gasteiger charge is -2.25. The van der Waals surface area contributed by atoms with Crippen molar-refractivity contribution in [3.8, 4) is 5.75 Å². The topological polar surface area (TPSA) is 111 Å². The minimum Gasteiger partial charge on any atom is -0.490 e. The molecule has 1 aromatic rings. The predicted octanol–water partition coefficient (Wildman–Crippen LogP) is 1.34. The maximum absolute atomic E-state index is 11.3. The predicted molar refractivity (Wildman–Crippen MR) is 80.2 cm³/mol. The van der Waals surface area contributed by atoms with Crippen molar-refractivity contribution in [3.05, 3.63) is 28.3 Å². The fourth-order valence-corrected chi connectivity index (χ4v) is 2.95. The van der Waals surface area contributed by atoms with Gasteiger partial charge in [-0.1, -0.05) is 6.07 Å². The highest BCUT2D eigenvalue weighted by molar-refractivity contribution is 7.88. The van der Waals surface area contributed by atoms with Gasteiger partial charge in [-0.3, -0.25) is 10.1 Å². The van der Waals surface area contributed by atoms with E-state index in [-0.39, 0.29) is 23.7 Å². The van der Waals surface area contributed by atoms with E-state index in [4.69, 9.17) is 4.74 Å². The number of rotatable bonds is 7. The maximum atomic E-state index is 11.3. The summed E-state index contributed by atoms with van der Waals surface area (Å²) in [6, 6.07) is 4.64. The van der Waals surface area contributed by atoms with Gasteiger partial charge in [0, 0.05) is 12.1 Å². The van der Waals surface area contributed by atoms with E-state index in [1.165, 1.54) is 19.2 Å². The molecule has 0 aliphatic rings. The zero-order chi connectivity index (χ0) is 16.3. The van der Waals surface area contributed by atoms with Gasteiger partial charge in [-0.25, -0.2) is 13.1 Å². The number of nitrogens with one attached hydrogen (secondary N) is 2. The standard InChI is InChI=1S/C12H19N3O5S/c1-12(2,14-21(4,18)19)8-13-9-6-5-7-10(20-3)11(9)15(16)17/h5-7,13-14H,8H2,1-4H3. The molecule has 0 aliphatic heterocycles. The quantitative estimate of drug-likeness (QED) is 0.580. The monoisotopic (exact) mass is 317 g/mol. The molecule has 118 valence electrons. The van der Waals surface area contributed by atoms with Crippen LogP contribution in [0.4, 0.5) is 11.4 Å². The van der Waals surface area contributed by atoms with Gasteiger partial charge in [0.2, 0.25) is 10.0 Å². The molecule has 0 saturated heterocycles. The molecule has 0 spiro atoms. The molecule has 0 fully saturated rings. The SMILES string of the molecule is COc1cccc(NCC(C)(C)NS(C)(=O)=O)c1[N+](=O)[O-]. The molecule has 9 heteroatoms. The first kappa shape index (κ1) is 17.2. The molecule has 0 amide bonds. The summed E-state index contributed by atoms with van der Waals surface area (Å²) in [7, 11) is -2.03. The van der Waals surface area contributed by atoms with E-state index in [1.54, 1.807) is 19.9 Å². The molecule has 1 rings (SSSR count). The number of hydrogen-bond acceptors (Lipinski definition) is 6. The van der Waals surface area contributed by atoms with E-state index in [0.29, 0.717) is 0 Å². The third kappa shape index (κ3) is 5.20. The summed E-state index contributed by atoms with van der Waals surface area (Å²) < 4.78 is 30.0. The summed E-state index contributed by atoms with van der Waals surface area (Å²) in [6.45, 7) is 3.52. The number of ether oxygens (including phenoxy) is 1. The molecular formula is C12H19N3O5S. The second kappa shape index (κ2) is 6.27. The Bertz CT molecular complexity index is 628. The lowest BCUT2D eigenvalue weighted by atomic mass is 10.1. The van der Waals surface area contributed by atoms with Crippen LogP contribution in [0.5, 0.6) is 5.75 Å². The third-order valence-corrected chi connectivity index (χ3v) is 3.51. The van der Waals surface area contributed by atoms with Crippen molar-refractivity contribution < 1.29 is 18.1 Å². The summed E-state index contributed by atoms with van der Waals surface area (Å²) >= 11 is 0. The molecule has 1 aromatic carbocycles. The van der Waals surface area contributed by atoms with Crippen LogP contribution >= 0.6 is 0 Å². The molecule has 8 nitrogen and oxygen atoms in total. The number of nitro benzene ring substituents is 1. The van der Waals surface area contributed by atoms with Crippen LogP contribution in [0.2, 0.25) is 0 Å². The molecule has 0 atom stereocenters. The van der Waals surface area contributed by atoms with Crippen molar-refractivity contribution in [2.24, 2.45) is 0 Å². The molecule has 0 saturated carbocycles. The Kier molecular flexibility index (Phi) is 5.13. The summed E-state index contributed by atoms with van der Waals surface area (Å²) in [5, 5.41) is 14.0. The van der Waals surface area contributed by atoms with Gasteiger partial charge in [0.25, 0.3) is 0 Å². The fourth-order valence-electron chi connectivity index (χ4n) is 1.87. The van der Waals surface area contributed by atoms with Crippen LogP contribution < -0.4 is 14.8 Å². The zero-order valence-electron chi connectivity index (χ0n) is 12.3. The lowest BCUT2D eigenvalue weighted by Crippen LogP contribution is -2.47. The number of sulfonamides is 1. The van der Waals surface area contributed by atoms with Crippen molar-refractivity contribution in [1.29, 1.82) is 0 Å². The van der Waals surface area contributed by atoms with E-state index in [0.717, 1.165) is 6.26 Å². The normalized spacial score (nSPS) is 12.0. The Morgan fingerprint density at radius 1 is 1.38 bits per heavy atom. The lowest BCUT2D eigenvalue weighted by molar-refractivity contribution is -0.384. The molecule has 0 bridgehead atoms. The van der Waals surface area contributed by atoms with Crippen LogP contribution in [0.1, 0.15) is 13.8 Å². The first-order chi connectivity index (χ1) is 9.56. The van der Waals surface area contributed by atoms with Crippen molar-refractivity contribution in [3.63, 3.8) is 0 Å². The van der Waals surface area contributed by atoms with Gasteiger partial charge in [-0.2, -0.15) is 0 Å². The van der Waals surface area contributed by atoms with Gasteiger partial charge < -0.3 is 10.1 Å². The zero-order valence-corrected chi connectivity index (χ0v) is 13.2. The molecule has 0 aliphatic carbocycles. The van der Waals surface area contributed by atoms with E-state index < -0.39 is 20.5 Å². The van der Waals surface area contributed by atoms with Crippen LogP contribution in [0.3, 0.4) is 0 Å². The van der Waals surface area contributed by atoms with Crippen LogP contribution in [0.25, 0.3) is 0 Å². The second-order valence-corrected chi connectivity index (χ2v) is 6.97. The first-order valence-electron chi connectivity index (χ1n) is 6.10. The van der Waals surface area contributed by atoms with E-state index in [1.807, 2.05) is 0 Å². The highest BCUT2D eigenvalue weighted by atomic mass is 32.2. The molecule has 21 heavy (non-hydrogen) atoms. The number of anilines is 1. The second-order valence-electron chi connectivity index (χ2n) is 5.23. The summed E-state index contributed by atoms with van der Waals surface area (Å²) in [5.74, 6) is 0.138. The number of para-hydroxylation sites is 1. The van der Waals surface area contributed by atoms with Gasteiger partial charge in [0.05, 0.1) is 18.3 Å². The van der Waals surface area contributed by atoms with Crippen molar-refractivity contribution in [1.82, 2.24) is 4.72 Å². The molecule has 0 radical (unpaired) electrons. The number of nitro groups is 1. The summed E-state index contributed by atoms with van der Waals surface area (Å²) in [4.78, 5) is 10.6. The number of benzene rings is 1. The van der Waals surface area contributed by atoms with Gasteiger partial charge in [0.1, 0.15) is 5.69 Å². The van der Waals surface area contributed by atoms with Gasteiger partial charge in [-0.05, 0) is 26.0 Å². The Balaban J connectivity index is 2.97. The van der Waals surface area contributed by atoms with E-state index in [2.05, 4.69) is 10.0 Å². The maximum Gasteiger partial charge on any atom is 0.333 e. The number of methoxy groups -OCH3 is 1. The Hall–Kier alpha value is -1.87. The molecule has 0 heterocycles. The average Bonchev–Trinajstić information content (AvgIpc) is 2.32. The Morgan fingerprint density at radius 3 is 2.48 bits per heavy atom. The third-order valence-electron chi connectivity index (χ3n) is 2.58. The summed E-state index contributed by atoms with van der Waals surface area (Å²) in [6.07, 6.45) is 1.06. The van der Waals surface area contributed by atoms with Crippen LogP contribution in [0.15, 0.2) is 18.2 Å². The number of hydrogen-bond donors (Lipinski definition) is 2. The highest BCUT2D eigenvalue weighted by Gasteiger charge is 2.25. The largest absolute Gasteiger partial charge is 0.490 e. The van der Waals surface area contributed by atoms with E-state index >= 15 is 0 Å². The van der Waals surface area contributed by atoms with Gasteiger partial charge >= 0.3 is 5.69 Å². The average molecular weight is 317 g/mol. The smallest absolute Gasteiger partial charge is 0.333 e. The van der Waals surface area contributed by atoms with Crippen LogP contribution in [-0.2, 0) is 10.0 Å². The van der Waals surface area contributed by atoms with Crippen LogP contribution in [0, 0.1) is 10.1 Å². The highest BCUT2D eigenvalue weighted by Crippen LogP contribution is 2.34. The molecule has 0 aromatic heterocycles. The first-order valence-corrected chi connectivity index (χ1v) is 7.99. The Morgan fingerprint density at radius 2 is 2.00 bits per heavy atom. The van der Waals surface area contributed by atoms with Gasteiger partial charge in [-0.15, -0.1) is 0 Å². The minimum atomic E-state index is -3.37. The van der Waals surface area contributed by atoms with Crippen molar-refractivity contribution in [2.75, 3.05) is 25.2 Å². The number of nitrogens with zero attached hydrogens (tertiary/aromatic N) is 1. The Labute approximate surface area is 123 Å². The summed E-state index contributed by atoms with van der Waals surface area (Å²) in [5.41, 5.74) is -0.720. The minimum absolute atomic E-state index is 0.138. The van der Waals surface area contributed by atoms with Crippen molar-refractivity contribution >= 4 is 21.4 Å². The van der Waals surface area contributed by atoms with Crippen molar-refractivity contribution in [2.45, 2.75) is 19.4 Å². The molecular weight excluding hydrogens is 298 g/mol. The van der Waals surface area contributed by atoms with Crippen LogP contribution in [-0.4, -0.2) is 38.8 Å². The molecule has 0 unspecified atom stereocenters.